The molecule has 1 fully saturated rings. The van der Waals surface area contributed by atoms with Crippen molar-refractivity contribution in [2.75, 3.05) is 6.61 Å². The van der Waals surface area contributed by atoms with Gasteiger partial charge in [-0.25, -0.2) is 0 Å². The minimum Gasteiger partial charge on any atom is -0.396 e. The number of hydrogen-bond acceptors (Lipinski definition) is 2. The van der Waals surface area contributed by atoms with Crippen LogP contribution in [0, 0.1) is 17.3 Å². The number of aliphatic hydroxyl groups excluding tert-OH is 1. The van der Waals surface area contributed by atoms with Gasteiger partial charge in [0, 0.05) is 12.6 Å². The van der Waals surface area contributed by atoms with E-state index in [0.29, 0.717) is 24.5 Å². The Morgan fingerprint density at radius 2 is 2.00 bits per heavy atom. The van der Waals surface area contributed by atoms with E-state index in [1.807, 2.05) is 0 Å². The molecule has 0 radical (unpaired) electrons. The van der Waals surface area contributed by atoms with E-state index < -0.39 is 0 Å². The van der Waals surface area contributed by atoms with Crippen LogP contribution in [0.2, 0.25) is 0 Å². The molecule has 12 heavy (non-hydrogen) atoms. The molecule has 2 heteroatoms. The van der Waals surface area contributed by atoms with Crippen molar-refractivity contribution >= 4 is 0 Å². The molecule has 0 aliphatic heterocycles. The van der Waals surface area contributed by atoms with Gasteiger partial charge in [0.1, 0.15) is 0 Å². The predicted octanol–water partition coefficient (Wildman–Crippen LogP) is 1.38. The quantitative estimate of drug-likeness (QED) is 0.626. The lowest BCUT2D eigenvalue weighted by molar-refractivity contribution is 0.0168. The molecule has 3 atom stereocenters. The molecule has 0 bridgehead atoms. The summed E-state index contributed by atoms with van der Waals surface area (Å²) in [7, 11) is 0. The molecule has 0 unspecified atom stereocenters. The van der Waals surface area contributed by atoms with Crippen LogP contribution in [-0.2, 0) is 0 Å². The van der Waals surface area contributed by atoms with Gasteiger partial charge in [-0.05, 0) is 30.1 Å². The average molecular weight is 171 g/mol. The van der Waals surface area contributed by atoms with E-state index in [9.17, 15) is 5.11 Å². The molecule has 1 saturated carbocycles. The van der Waals surface area contributed by atoms with Crippen molar-refractivity contribution < 1.29 is 5.11 Å². The Hall–Kier alpha value is -0.0800. The van der Waals surface area contributed by atoms with Crippen molar-refractivity contribution in [2.45, 2.75) is 39.7 Å². The Morgan fingerprint density at radius 3 is 2.50 bits per heavy atom. The van der Waals surface area contributed by atoms with E-state index >= 15 is 0 Å². The first-order valence-electron chi connectivity index (χ1n) is 4.86. The molecule has 1 rings (SSSR count). The molecule has 2 nitrogen and oxygen atoms in total. The average Bonchev–Trinajstić information content (AvgIpc) is 2.01. The lowest BCUT2D eigenvalue weighted by atomic mass is 9.61. The van der Waals surface area contributed by atoms with Crippen LogP contribution in [0.5, 0.6) is 0 Å². The summed E-state index contributed by atoms with van der Waals surface area (Å²) in [5.74, 6) is 0.954. The predicted molar refractivity (Wildman–Crippen MR) is 50.7 cm³/mol. The lowest BCUT2D eigenvalue weighted by Crippen LogP contribution is -2.47. The summed E-state index contributed by atoms with van der Waals surface area (Å²) in [4.78, 5) is 0. The third-order valence-corrected chi connectivity index (χ3v) is 3.94. The summed E-state index contributed by atoms with van der Waals surface area (Å²) in [6.07, 6.45) is 2.14. The first-order chi connectivity index (χ1) is 5.50. The standard InChI is InChI=1S/C10H21NO/c1-7-9(11)5-4-8(6-12)10(7,2)3/h7-9,12H,4-6,11H2,1-3H3/t7-,8+,9-/m0/s1. The van der Waals surface area contributed by atoms with Gasteiger partial charge in [-0.1, -0.05) is 20.8 Å². The fourth-order valence-corrected chi connectivity index (χ4v) is 2.27. The zero-order chi connectivity index (χ0) is 9.35. The zero-order valence-electron chi connectivity index (χ0n) is 8.38. The SMILES string of the molecule is C[C@H]1[C@@H](N)CC[C@H](CO)C1(C)C. The summed E-state index contributed by atoms with van der Waals surface area (Å²) in [6.45, 7) is 6.95. The molecular formula is C10H21NO. The minimum absolute atomic E-state index is 0.201. The Labute approximate surface area is 75.2 Å². The van der Waals surface area contributed by atoms with Gasteiger partial charge in [0.25, 0.3) is 0 Å². The second kappa shape index (κ2) is 3.35. The summed E-state index contributed by atoms with van der Waals surface area (Å²) in [5.41, 5.74) is 6.19. The molecule has 0 aromatic carbocycles. The molecule has 0 aromatic heterocycles. The van der Waals surface area contributed by atoms with E-state index in [2.05, 4.69) is 20.8 Å². The number of nitrogens with two attached hydrogens (primary N) is 1. The fourth-order valence-electron chi connectivity index (χ4n) is 2.27. The van der Waals surface area contributed by atoms with Crippen LogP contribution >= 0.6 is 0 Å². The molecule has 1 aliphatic carbocycles. The highest BCUT2D eigenvalue weighted by Gasteiger charge is 2.40. The Bertz CT molecular complexity index is 152. The Kier molecular flexibility index (Phi) is 2.79. The summed E-state index contributed by atoms with van der Waals surface area (Å²) in [6, 6.07) is 0.322. The van der Waals surface area contributed by atoms with Crippen LogP contribution < -0.4 is 5.73 Å². The third kappa shape index (κ3) is 1.50. The van der Waals surface area contributed by atoms with Crippen molar-refractivity contribution in [1.82, 2.24) is 0 Å². The molecule has 1 aliphatic rings. The third-order valence-electron chi connectivity index (χ3n) is 3.94. The fraction of sp³-hybridized carbons (Fsp3) is 1.00. The van der Waals surface area contributed by atoms with Crippen LogP contribution in [0.15, 0.2) is 0 Å². The maximum Gasteiger partial charge on any atom is 0.0464 e. The smallest absolute Gasteiger partial charge is 0.0464 e. The van der Waals surface area contributed by atoms with Crippen LogP contribution in [0.4, 0.5) is 0 Å². The van der Waals surface area contributed by atoms with Crippen LogP contribution in [0.25, 0.3) is 0 Å². The van der Waals surface area contributed by atoms with Gasteiger partial charge in [0.05, 0.1) is 0 Å². The van der Waals surface area contributed by atoms with Gasteiger partial charge >= 0.3 is 0 Å². The van der Waals surface area contributed by atoms with Crippen molar-refractivity contribution in [1.29, 1.82) is 0 Å². The summed E-state index contributed by atoms with van der Waals surface area (Å²) < 4.78 is 0. The van der Waals surface area contributed by atoms with Gasteiger partial charge in [-0.2, -0.15) is 0 Å². The van der Waals surface area contributed by atoms with Crippen LogP contribution in [0.3, 0.4) is 0 Å². The molecule has 0 heterocycles. The molecular weight excluding hydrogens is 150 g/mol. The highest BCUT2D eigenvalue weighted by Crippen LogP contribution is 2.43. The van der Waals surface area contributed by atoms with Gasteiger partial charge in [-0.15, -0.1) is 0 Å². The normalized spacial score (nSPS) is 41.2. The summed E-state index contributed by atoms with van der Waals surface area (Å²) >= 11 is 0. The Balaban J connectivity index is 2.73. The largest absolute Gasteiger partial charge is 0.396 e. The highest BCUT2D eigenvalue weighted by atomic mass is 16.3. The maximum atomic E-state index is 9.19. The van der Waals surface area contributed by atoms with Gasteiger partial charge < -0.3 is 10.8 Å². The van der Waals surface area contributed by atoms with E-state index in [4.69, 9.17) is 5.73 Å². The molecule has 0 amide bonds. The van der Waals surface area contributed by atoms with E-state index in [0.717, 1.165) is 12.8 Å². The highest BCUT2D eigenvalue weighted by molar-refractivity contribution is 4.92. The molecule has 0 saturated heterocycles. The lowest BCUT2D eigenvalue weighted by Gasteiger charge is -2.46. The molecule has 0 aromatic rings. The number of rotatable bonds is 1. The van der Waals surface area contributed by atoms with Crippen LogP contribution in [-0.4, -0.2) is 17.8 Å². The Morgan fingerprint density at radius 1 is 1.42 bits per heavy atom. The van der Waals surface area contributed by atoms with Gasteiger partial charge in [0.15, 0.2) is 0 Å². The van der Waals surface area contributed by atoms with Crippen molar-refractivity contribution in [3.63, 3.8) is 0 Å². The molecule has 3 N–H and O–H groups in total. The number of hydrogen-bond donors (Lipinski definition) is 2. The van der Waals surface area contributed by atoms with Gasteiger partial charge in [0.2, 0.25) is 0 Å². The minimum atomic E-state index is 0.201. The van der Waals surface area contributed by atoms with E-state index in [1.54, 1.807) is 0 Å². The first-order valence-corrected chi connectivity index (χ1v) is 4.86. The van der Waals surface area contributed by atoms with Crippen molar-refractivity contribution in [2.24, 2.45) is 23.0 Å². The van der Waals surface area contributed by atoms with Crippen molar-refractivity contribution in [3.05, 3.63) is 0 Å². The molecule has 0 spiro atoms. The summed E-state index contributed by atoms with van der Waals surface area (Å²) in [5, 5.41) is 9.19. The topological polar surface area (TPSA) is 46.2 Å². The zero-order valence-corrected chi connectivity index (χ0v) is 8.38. The van der Waals surface area contributed by atoms with E-state index in [-0.39, 0.29) is 5.41 Å². The monoisotopic (exact) mass is 171 g/mol. The van der Waals surface area contributed by atoms with E-state index in [1.165, 1.54) is 0 Å². The second-order valence-electron chi connectivity index (χ2n) is 4.73. The molecule has 72 valence electrons. The maximum absolute atomic E-state index is 9.19. The first kappa shape index (κ1) is 10.0. The van der Waals surface area contributed by atoms with Crippen molar-refractivity contribution in [3.8, 4) is 0 Å². The number of aliphatic hydroxyl groups is 1. The van der Waals surface area contributed by atoms with Gasteiger partial charge in [-0.3, -0.25) is 0 Å². The second-order valence-corrected chi connectivity index (χ2v) is 4.73. The van der Waals surface area contributed by atoms with Crippen LogP contribution in [0.1, 0.15) is 33.6 Å².